The summed E-state index contributed by atoms with van der Waals surface area (Å²) in [5.74, 6) is 0.729. The van der Waals surface area contributed by atoms with Gasteiger partial charge in [0, 0.05) is 22.5 Å². The van der Waals surface area contributed by atoms with E-state index >= 15 is 0 Å². The molecule has 0 bridgehead atoms. The SMILES string of the molecule is COc1[nH]cc2cc(C=O)ccc12. The zero-order valence-electron chi connectivity index (χ0n) is 7.20. The van der Waals surface area contributed by atoms with Crippen LogP contribution in [0.1, 0.15) is 10.4 Å². The summed E-state index contributed by atoms with van der Waals surface area (Å²) < 4.78 is 5.10. The van der Waals surface area contributed by atoms with E-state index in [9.17, 15) is 4.79 Å². The molecule has 66 valence electrons. The maximum atomic E-state index is 10.5. The van der Waals surface area contributed by atoms with Crippen molar-refractivity contribution in [1.82, 2.24) is 4.98 Å². The van der Waals surface area contributed by atoms with Gasteiger partial charge in [0.05, 0.1) is 7.11 Å². The van der Waals surface area contributed by atoms with Gasteiger partial charge >= 0.3 is 0 Å². The van der Waals surface area contributed by atoms with Crippen LogP contribution in [0.2, 0.25) is 0 Å². The van der Waals surface area contributed by atoms with Crippen molar-refractivity contribution in [2.75, 3.05) is 7.11 Å². The third-order valence-electron chi connectivity index (χ3n) is 2.02. The van der Waals surface area contributed by atoms with Crippen LogP contribution in [-0.2, 0) is 0 Å². The highest BCUT2D eigenvalue weighted by Gasteiger charge is 2.02. The molecule has 1 aromatic heterocycles. The number of methoxy groups -OCH3 is 1. The van der Waals surface area contributed by atoms with Gasteiger partial charge in [-0.3, -0.25) is 4.79 Å². The molecule has 3 heteroatoms. The quantitative estimate of drug-likeness (QED) is 0.709. The molecule has 0 spiro atoms. The van der Waals surface area contributed by atoms with Crippen molar-refractivity contribution in [3.8, 4) is 5.88 Å². The molecule has 0 amide bonds. The van der Waals surface area contributed by atoms with Crippen molar-refractivity contribution in [2.24, 2.45) is 0 Å². The lowest BCUT2D eigenvalue weighted by atomic mass is 10.1. The first-order chi connectivity index (χ1) is 6.35. The molecule has 0 aliphatic heterocycles. The van der Waals surface area contributed by atoms with Crippen LogP contribution in [0.15, 0.2) is 24.4 Å². The molecular formula is C10H9NO2. The molecule has 0 atom stereocenters. The third-order valence-corrected chi connectivity index (χ3v) is 2.02. The first-order valence-electron chi connectivity index (χ1n) is 3.95. The Morgan fingerprint density at radius 2 is 2.31 bits per heavy atom. The average Bonchev–Trinajstić information content (AvgIpc) is 2.59. The lowest BCUT2D eigenvalue weighted by molar-refractivity contribution is 0.112. The number of aromatic nitrogens is 1. The minimum atomic E-state index is 0.675. The number of hydrogen-bond acceptors (Lipinski definition) is 2. The summed E-state index contributed by atoms with van der Waals surface area (Å²) in [5, 5.41) is 1.98. The van der Waals surface area contributed by atoms with Crippen LogP contribution in [0, 0.1) is 0 Å². The number of carbonyl (C=O) groups is 1. The van der Waals surface area contributed by atoms with Gasteiger partial charge in [-0.25, -0.2) is 0 Å². The van der Waals surface area contributed by atoms with Crippen LogP contribution in [-0.4, -0.2) is 18.4 Å². The lowest BCUT2D eigenvalue weighted by Gasteiger charge is -1.95. The molecule has 13 heavy (non-hydrogen) atoms. The highest BCUT2D eigenvalue weighted by atomic mass is 16.5. The van der Waals surface area contributed by atoms with Crippen LogP contribution in [0.4, 0.5) is 0 Å². The summed E-state index contributed by atoms with van der Waals surface area (Å²) in [6.07, 6.45) is 2.65. The van der Waals surface area contributed by atoms with Crippen molar-refractivity contribution in [1.29, 1.82) is 0 Å². The Labute approximate surface area is 75.3 Å². The number of fused-ring (bicyclic) bond motifs is 1. The van der Waals surface area contributed by atoms with Crippen molar-refractivity contribution in [3.05, 3.63) is 30.0 Å². The van der Waals surface area contributed by atoms with Gasteiger partial charge in [0.15, 0.2) is 5.88 Å². The molecule has 2 rings (SSSR count). The van der Waals surface area contributed by atoms with Crippen LogP contribution in [0.25, 0.3) is 10.8 Å². The Kier molecular flexibility index (Phi) is 1.77. The summed E-state index contributed by atoms with van der Waals surface area (Å²) in [6.45, 7) is 0. The molecular weight excluding hydrogens is 166 g/mol. The van der Waals surface area contributed by atoms with Gasteiger partial charge in [0.25, 0.3) is 0 Å². The standard InChI is InChI=1S/C10H9NO2/c1-13-10-9-3-2-7(6-12)4-8(9)5-11-10/h2-6,11H,1H3. The summed E-state index contributed by atoms with van der Waals surface area (Å²) in [4.78, 5) is 13.5. The number of nitrogens with one attached hydrogen (secondary N) is 1. The molecule has 0 fully saturated rings. The summed E-state index contributed by atoms with van der Waals surface area (Å²) in [7, 11) is 1.61. The van der Waals surface area contributed by atoms with Crippen molar-refractivity contribution >= 4 is 17.1 Å². The number of aldehydes is 1. The van der Waals surface area contributed by atoms with Gasteiger partial charge in [0.1, 0.15) is 6.29 Å². The Morgan fingerprint density at radius 3 is 3.00 bits per heavy atom. The molecule has 1 heterocycles. The number of hydrogen-bond donors (Lipinski definition) is 1. The van der Waals surface area contributed by atoms with Crippen LogP contribution >= 0.6 is 0 Å². The molecule has 1 N–H and O–H groups in total. The Balaban J connectivity index is 2.67. The van der Waals surface area contributed by atoms with E-state index in [0.717, 1.165) is 22.9 Å². The fourth-order valence-electron chi connectivity index (χ4n) is 1.37. The zero-order valence-corrected chi connectivity index (χ0v) is 7.20. The number of aromatic amines is 1. The second-order valence-electron chi connectivity index (χ2n) is 2.79. The minimum absolute atomic E-state index is 0.675. The first-order valence-corrected chi connectivity index (χ1v) is 3.95. The summed E-state index contributed by atoms with van der Waals surface area (Å²) >= 11 is 0. The van der Waals surface area contributed by atoms with Gasteiger partial charge in [0.2, 0.25) is 0 Å². The van der Waals surface area contributed by atoms with Crippen LogP contribution in [0.3, 0.4) is 0 Å². The maximum absolute atomic E-state index is 10.5. The van der Waals surface area contributed by atoms with Gasteiger partial charge in [-0.05, 0) is 12.1 Å². The summed E-state index contributed by atoms with van der Waals surface area (Å²) in [5.41, 5.74) is 0.675. The molecule has 0 aliphatic rings. The van der Waals surface area contributed by atoms with E-state index in [1.807, 2.05) is 18.3 Å². The van der Waals surface area contributed by atoms with Crippen molar-refractivity contribution < 1.29 is 9.53 Å². The monoisotopic (exact) mass is 175 g/mol. The topological polar surface area (TPSA) is 42.1 Å². The Morgan fingerprint density at radius 1 is 1.46 bits per heavy atom. The van der Waals surface area contributed by atoms with E-state index in [4.69, 9.17) is 4.74 Å². The van der Waals surface area contributed by atoms with Gasteiger partial charge in [-0.15, -0.1) is 0 Å². The second kappa shape index (κ2) is 2.94. The van der Waals surface area contributed by atoms with E-state index in [2.05, 4.69) is 4.98 Å². The number of carbonyl (C=O) groups excluding carboxylic acids is 1. The van der Waals surface area contributed by atoms with Crippen LogP contribution in [0.5, 0.6) is 5.88 Å². The molecule has 1 aromatic carbocycles. The van der Waals surface area contributed by atoms with Gasteiger partial charge < -0.3 is 9.72 Å². The van der Waals surface area contributed by atoms with Gasteiger partial charge in [-0.1, -0.05) is 6.07 Å². The van der Waals surface area contributed by atoms with E-state index in [1.165, 1.54) is 0 Å². The smallest absolute Gasteiger partial charge is 0.198 e. The van der Waals surface area contributed by atoms with E-state index in [-0.39, 0.29) is 0 Å². The van der Waals surface area contributed by atoms with E-state index in [1.54, 1.807) is 13.2 Å². The Hall–Kier alpha value is -1.77. The molecule has 2 aromatic rings. The molecule has 0 unspecified atom stereocenters. The highest BCUT2D eigenvalue weighted by molar-refractivity contribution is 5.92. The van der Waals surface area contributed by atoms with E-state index in [0.29, 0.717) is 5.56 Å². The third kappa shape index (κ3) is 1.18. The molecule has 3 nitrogen and oxygen atoms in total. The average molecular weight is 175 g/mol. The predicted molar refractivity (Wildman–Crippen MR) is 50.2 cm³/mol. The Bertz CT molecular complexity index is 445. The highest BCUT2D eigenvalue weighted by Crippen LogP contribution is 2.24. The largest absolute Gasteiger partial charge is 0.482 e. The van der Waals surface area contributed by atoms with Crippen molar-refractivity contribution in [2.45, 2.75) is 0 Å². The first kappa shape index (κ1) is 7.86. The molecule has 0 saturated carbocycles. The number of H-pyrrole nitrogens is 1. The number of benzene rings is 1. The molecule has 0 saturated heterocycles. The predicted octanol–water partition coefficient (Wildman–Crippen LogP) is 1.99. The normalized spacial score (nSPS) is 10.2. The van der Waals surface area contributed by atoms with E-state index < -0.39 is 0 Å². The molecule has 0 aliphatic carbocycles. The van der Waals surface area contributed by atoms with Gasteiger partial charge in [-0.2, -0.15) is 0 Å². The zero-order chi connectivity index (χ0) is 9.26. The van der Waals surface area contributed by atoms with Crippen molar-refractivity contribution in [3.63, 3.8) is 0 Å². The fraction of sp³-hybridized carbons (Fsp3) is 0.100. The maximum Gasteiger partial charge on any atom is 0.198 e. The number of ether oxygens (including phenoxy) is 1. The minimum Gasteiger partial charge on any atom is -0.482 e. The second-order valence-corrected chi connectivity index (χ2v) is 2.79. The fourth-order valence-corrected chi connectivity index (χ4v) is 1.37. The lowest BCUT2D eigenvalue weighted by Crippen LogP contribution is -1.82. The number of rotatable bonds is 2. The summed E-state index contributed by atoms with van der Waals surface area (Å²) in [6, 6.07) is 5.46. The van der Waals surface area contributed by atoms with Crippen LogP contribution < -0.4 is 4.74 Å². The molecule has 0 radical (unpaired) electrons.